The number of rotatable bonds is 7. The maximum absolute atomic E-state index is 12.4. The summed E-state index contributed by atoms with van der Waals surface area (Å²) < 4.78 is 5.11. The van der Waals surface area contributed by atoms with E-state index in [4.69, 9.17) is 4.74 Å². The van der Waals surface area contributed by atoms with Gasteiger partial charge in [0.2, 0.25) is 11.8 Å². The second-order valence-corrected chi connectivity index (χ2v) is 8.53. The molecule has 7 heteroatoms. The van der Waals surface area contributed by atoms with Crippen molar-refractivity contribution in [2.24, 2.45) is 0 Å². The molecule has 2 N–H and O–H groups in total. The number of carbonyl (C=O) groups excluding carboxylic acids is 2. The molecule has 2 aromatic rings. The van der Waals surface area contributed by atoms with Crippen molar-refractivity contribution in [1.82, 2.24) is 5.32 Å². The van der Waals surface area contributed by atoms with E-state index in [0.29, 0.717) is 28.0 Å². The van der Waals surface area contributed by atoms with Gasteiger partial charge >= 0.3 is 0 Å². The number of carbonyl (C=O) groups is 2. The third-order valence-corrected chi connectivity index (χ3v) is 6.10. The minimum atomic E-state index is -0.313. The van der Waals surface area contributed by atoms with Gasteiger partial charge in [-0.3, -0.25) is 9.59 Å². The van der Waals surface area contributed by atoms with Crippen LogP contribution in [0.15, 0.2) is 59.1 Å². The van der Waals surface area contributed by atoms with Crippen molar-refractivity contribution in [3.05, 3.63) is 70.3 Å². The van der Waals surface area contributed by atoms with Crippen LogP contribution in [0.3, 0.4) is 0 Å². The van der Waals surface area contributed by atoms with Crippen molar-refractivity contribution in [1.29, 1.82) is 5.26 Å². The molecular formula is C24H25N3O3S. The average molecular weight is 436 g/mol. The molecule has 6 nitrogen and oxygen atoms in total. The summed E-state index contributed by atoms with van der Waals surface area (Å²) in [6.07, 6.45) is 0.214. The highest BCUT2D eigenvalue weighted by atomic mass is 32.2. The molecule has 0 bridgehead atoms. The second kappa shape index (κ2) is 10.2. The van der Waals surface area contributed by atoms with Crippen molar-refractivity contribution < 1.29 is 14.3 Å². The molecule has 0 fully saturated rings. The zero-order valence-corrected chi connectivity index (χ0v) is 18.6. The summed E-state index contributed by atoms with van der Waals surface area (Å²) in [5, 5.41) is 15.8. The van der Waals surface area contributed by atoms with Gasteiger partial charge < -0.3 is 15.4 Å². The molecule has 1 aliphatic heterocycles. The summed E-state index contributed by atoms with van der Waals surface area (Å²) in [5.74, 6) is 0.490. The van der Waals surface area contributed by atoms with Gasteiger partial charge in [0.1, 0.15) is 5.75 Å². The van der Waals surface area contributed by atoms with Crippen LogP contribution in [0.25, 0.3) is 0 Å². The van der Waals surface area contributed by atoms with E-state index < -0.39 is 0 Å². The Bertz CT molecular complexity index is 1020. The highest BCUT2D eigenvalue weighted by molar-refractivity contribution is 8.03. The largest absolute Gasteiger partial charge is 0.497 e. The minimum Gasteiger partial charge on any atom is -0.497 e. The third-order valence-electron chi connectivity index (χ3n) is 5.08. The second-order valence-electron chi connectivity index (χ2n) is 7.55. The Morgan fingerprint density at radius 1 is 1.23 bits per heavy atom. The first kappa shape index (κ1) is 22.4. The summed E-state index contributed by atoms with van der Waals surface area (Å²) in [5.41, 5.74) is 3.27. The van der Waals surface area contributed by atoms with Gasteiger partial charge in [0.15, 0.2) is 0 Å². The number of anilines is 1. The van der Waals surface area contributed by atoms with E-state index in [0.717, 1.165) is 17.3 Å². The Labute approximate surface area is 186 Å². The zero-order chi connectivity index (χ0) is 22.4. The quantitative estimate of drug-likeness (QED) is 0.667. The van der Waals surface area contributed by atoms with Crippen molar-refractivity contribution in [3.63, 3.8) is 0 Å². The highest BCUT2D eigenvalue weighted by Gasteiger charge is 2.29. The summed E-state index contributed by atoms with van der Waals surface area (Å²) in [4.78, 5) is 24.7. The van der Waals surface area contributed by atoms with Crippen LogP contribution in [0.1, 0.15) is 43.2 Å². The lowest BCUT2D eigenvalue weighted by Gasteiger charge is -2.25. The summed E-state index contributed by atoms with van der Waals surface area (Å²) in [6.45, 7) is 4.24. The Balaban J connectivity index is 1.72. The van der Waals surface area contributed by atoms with Gasteiger partial charge in [-0.25, -0.2) is 0 Å². The van der Waals surface area contributed by atoms with Crippen LogP contribution in [0.4, 0.5) is 5.69 Å². The fourth-order valence-corrected chi connectivity index (χ4v) is 4.22. The number of hydrogen-bond acceptors (Lipinski definition) is 5. The fraction of sp³-hybridized carbons (Fsp3) is 0.292. The predicted octanol–water partition coefficient (Wildman–Crippen LogP) is 4.53. The number of thioether (sulfide) groups is 1. The maximum atomic E-state index is 12.4. The number of nitrogens with one attached hydrogen (secondary N) is 2. The molecule has 0 saturated carbocycles. The van der Waals surface area contributed by atoms with E-state index in [2.05, 4.69) is 30.6 Å². The number of nitrogens with zero attached hydrogens (tertiary/aromatic N) is 1. The Kier molecular flexibility index (Phi) is 7.37. The van der Waals surface area contributed by atoms with E-state index in [1.165, 1.54) is 5.56 Å². The first-order valence-corrected chi connectivity index (χ1v) is 11.0. The number of benzene rings is 2. The van der Waals surface area contributed by atoms with Crippen LogP contribution in [0.5, 0.6) is 5.75 Å². The van der Waals surface area contributed by atoms with E-state index in [1.807, 2.05) is 24.3 Å². The number of allylic oxidation sites excluding steroid dienone is 1. The van der Waals surface area contributed by atoms with Gasteiger partial charge in [-0.15, -0.1) is 0 Å². The van der Waals surface area contributed by atoms with Crippen molar-refractivity contribution >= 4 is 29.3 Å². The lowest BCUT2D eigenvalue weighted by Crippen LogP contribution is -2.31. The van der Waals surface area contributed by atoms with Gasteiger partial charge in [0.25, 0.3) is 0 Å². The Morgan fingerprint density at radius 2 is 1.90 bits per heavy atom. The monoisotopic (exact) mass is 435 g/mol. The third kappa shape index (κ3) is 5.68. The normalized spacial score (nSPS) is 16.0. The van der Waals surface area contributed by atoms with Gasteiger partial charge in [-0.1, -0.05) is 49.9 Å². The summed E-state index contributed by atoms with van der Waals surface area (Å²) >= 11 is 1.16. The molecule has 160 valence electrons. The molecule has 1 heterocycles. The fourth-order valence-electron chi connectivity index (χ4n) is 3.34. The van der Waals surface area contributed by atoms with Crippen LogP contribution in [-0.2, 0) is 9.59 Å². The number of hydrogen-bond donors (Lipinski definition) is 2. The number of amides is 2. The standard InChI is InChI=1S/C24H25N3O3S/c1-15(2)16-4-6-17(7-5-16)20-12-22(28)27-24(21(20)13-25)31-14-23(29)26-18-8-10-19(30-3)11-9-18/h4-11,15,20H,12,14H2,1-3H3,(H,26,29)(H,27,28)/t20-/m1/s1. The molecule has 0 radical (unpaired) electrons. The molecule has 2 aromatic carbocycles. The molecule has 3 rings (SSSR count). The molecule has 0 aromatic heterocycles. The van der Waals surface area contributed by atoms with E-state index in [-0.39, 0.29) is 29.9 Å². The van der Waals surface area contributed by atoms with Gasteiger partial charge in [-0.05, 0) is 41.3 Å². The average Bonchev–Trinajstić information content (AvgIpc) is 2.78. The first-order chi connectivity index (χ1) is 14.9. The Hall–Kier alpha value is -3.24. The topological polar surface area (TPSA) is 91.2 Å². The van der Waals surface area contributed by atoms with E-state index in [9.17, 15) is 14.9 Å². The molecule has 1 atom stereocenters. The van der Waals surface area contributed by atoms with Gasteiger partial charge in [-0.2, -0.15) is 5.26 Å². The lowest BCUT2D eigenvalue weighted by atomic mass is 9.86. The zero-order valence-electron chi connectivity index (χ0n) is 17.8. The van der Waals surface area contributed by atoms with E-state index in [1.54, 1.807) is 31.4 Å². The van der Waals surface area contributed by atoms with Gasteiger partial charge in [0.05, 0.1) is 29.5 Å². The predicted molar refractivity (Wildman–Crippen MR) is 123 cm³/mol. The van der Waals surface area contributed by atoms with E-state index >= 15 is 0 Å². The van der Waals surface area contributed by atoms with Gasteiger partial charge in [0, 0.05) is 18.0 Å². The molecule has 0 aliphatic carbocycles. The lowest BCUT2D eigenvalue weighted by molar-refractivity contribution is -0.121. The molecule has 2 amide bonds. The summed E-state index contributed by atoms with van der Waals surface area (Å²) in [6, 6.07) is 17.3. The van der Waals surface area contributed by atoms with Crippen LogP contribution in [0.2, 0.25) is 0 Å². The number of methoxy groups -OCH3 is 1. The maximum Gasteiger partial charge on any atom is 0.234 e. The highest BCUT2D eigenvalue weighted by Crippen LogP contribution is 2.36. The number of ether oxygens (including phenoxy) is 1. The Morgan fingerprint density at radius 3 is 2.48 bits per heavy atom. The van der Waals surface area contributed by atoms with Crippen LogP contribution in [0, 0.1) is 11.3 Å². The van der Waals surface area contributed by atoms with Crippen molar-refractivity contribution in [3.8, 4) is 11.8 Å². The minimum absolute atomic E-state index is 0.0752. The number of nitriles is 1. The molecule has 0 saturated heterocycles. The first-order valence-electron chi connectivity index (χ1n) is 10.0. The molecule has 31 heavy (non-hydrogen) atoms. The SMILES string of the molecule is COc1ccc(NC(=O)CSC2=C(C#N)[C@@H](c3ccc(C(C)C)cc3)CC(=O)N2)cc1. The summed E-state index contributed by atoms with van der Waals surface area (Å²) in [7, 11) is 1.58. The molecule has 0 spiro atoms. The van der Waals surface area contributed by atoms with Crippen LogP contribution >= 0.6 is 11.8 Å². The molecule has 0 unspecified atom stereocenters. The van der Waals surface area contributed by atoms with Crippen LogP contribution < -0.4 is 15.4 Å². The molecule has 1 aliphatic rings. The van der Waals surface area contributed by atoms with Crippen LogP contribution in [-0.4, -0.2) is 24.7 Å². The smallest absolute Gasteiger partial charge is 0.234 e. The van der Waals surface area contributed by atoms with Crippen molar-refractivity contribution in [2.75, 3.05) is 18.2 Å². The van der Waals surface area contributed by atoms with Crippen molar-refractivity contribution in [2.45, 2.75) is 32.1 Å². The molecular weight excluding hydrogens is 410 g/mol.